The second-order valence-electron chi connectivity index (χ2n) is 6.35. The minimum Gasteiger partial charge on any atom is -0.493 e. The van der Waals surface area contributed by atoms with Crippen LogP contribution in [0.15, 0.2) is 52.9 Å². The van der Waals surface area contributed by atoms with Gasteiger partial charge in [0.1, 0.15) is 0 Å². The van der Waals surface area contributed by atoms with Crippen LogP contribution in [-0.2, 0) is 4.79 Å². The Morgan fingerprint density at radius 2 is 1.83 bits per heavy atom. The average molecular weight is 426 g/mol. The van der Waals surface area contributed by atoms with Crippen LogP contribution in [0.5, 0.6) is 11.5 Å². The van der Waals surface area contributed by atoms with E-state index < -0.39 is 11.8 Å². The van der Waals surface area contributed by atoms with Crippen LogP contribution in [0, 0.1) is 0 Å². The second-order valence-corrected chi connectivity index (χ2v) is 7.26. The molecule has 2 aromatic carbocycles. The lowest BCUT2D eigenvalue weighted by Crippen LogP contribution is -2.35. The fourth-order valence-corrected chi connectivity index (χ4v) is 3.91. The van der Waals surface area contributed by atoms with Gasteiger partial charge in [-0.05, 0) is 30.7 Å². The molecular formula is C22H23N3O4S. The van der Waals surface area contributed by atoms with Crippen LogP contribution in [0.4, 0.5) is 0 Å². The van der Waals surface area contributed by atoms with Crippen molar-refractivity contribution in [2.75, 3.05) is 20.8 Å². The molecule has 0 spiro atoms. The summed E-state index contributed by atoms with van der Waals surface area (Å²) in [7, 11) is 3.01. The molecule has 0 radical (unpaired) electrons. The SMILES string of the molecule is CC/C(=N\NC(=O)CNC(=O)c1ccc(OC)c(OC)c1)c1csc2ccccc12. The lowest BCUT2D eigenvalue weighted by atomic mass is 10.1. The molecule has 0 aliphatic rings. The maximum atomic E-state index is 12.3. The van der Waals surface area contributed by atoms with E-state index in [-0.39, 0.29) is 6.54 Å². The largest absolute Gasteiger partial charge is 0.493 e. The number of hydrogen-bond acceptors (Lipinski definition) is 6. The molecule has 0 saturated carbocycles. The normalized spacial score (nSPS) is 11.2. The minimum absolute atomic E-state index is 0.196. The van der Waals surface area contributed by atoms with Crippen molar-refractivity contribution in [1.82, 2.24) is 10.7 Å². The van der Waals surface area contributed by atoms with E-state index in [0.717, 1.165) is 16.7 Å². The molecule has 3 rings (SSSR count). The summed E-state index contributed by atoms with van der Waals surface area (Å²) in [4.78, 5) is 24.5. The molecule has 3 aromatic rings. The van der Waals surface area contributed by atoms with Gasteiger partial charge in [0, 0.05) is 26.6 Å². The van der Waals surface area contributed by atoms with Gasteiger partial charge >= 0.3 is 0 Å². The lowest BCUT2D eigenvalue weighted by molar-refractivity contribution is -0.120. The molecule has 1 heterocycles. The minimum atomic E-state index is -0.408. The summed E-state index contributed by atoms with van der Waals surface area (Å²) in [5.74, 6) is 0.160. The number of ether oxygens (including phenoxy) is 2. The highest BCUT2D eigenvalue weighted by molar-refractivity contribution is 7.17. The van der Waals surface area contributed by atoms with Crippen LogP contribution in [0.3, 0.4) is 0 Å². The van der Waals surface area contributed by atoms with Gasteiger partial charge in [-0.15, -0.1) is 11.3 Å². The number of carbonyl (C=O) groups excluding carboxylic acids is 2. The third-order valence-electron chi connectivity index (χ3n) is 4.50. The molecule has 7 nitrogen and oxygen atoms in total. The highest BCUT2D eigenvalue weighted by Crippen LogP contribution is 2.28. The molecule has 0 bridgehead atoms. The first kappa shape index (κ1) is 21.3. The Hall–Kier alpha value is -3.39. The van der Waals surface area contributed by atoms with Crippen LogP contribution in [0.2, 0.25) is 0 Å². The second kappa shape index (κ2) is 9.89. The Morgan fingerprint density at radius 3 is 2.57 bits per heavy atom. The predicted octanol–water partition coefficient (Wildman–Crippen LogP) is 3.58. The zero-order valence-corrected chi connectivity index (χ0v) is 17.8. The Kier molecular flexibility index (Phi) is 7.03. The predicted molar refractivity (Wildman–Crippen MR) is 119 cm³/mol. The van der Waals surface area contributed by atoms with Crippen molar-refractivity contribution in [2.45, 2.75) is 13.3 Å². The van der Waals surface area contributed by atoms with Gasteiger partial charge in [-0.2, -0.15) is 5.10 Å². The van der Waals surface area contributed by atoms with Gasteiger partial charge in [-0.3, -0.25) is 9.59 Å². The summed E-state index contributed by atoms with van der Waals surface area (Å²) < 4.78 is 11.5. The van der Waals surface area contributed by atoms with Crippen molar-refractivity contribution >= 4 is 38.9 Å². The monoisotopic (exact) mass is 425 g/mol. The molecule has 0 saturated heterocycles. The number of amides is 2. The van der Waals surface area contributed by atoms with Crippen molar-refractivity contribution in [2.24, 2.45) is 5.10 Å². The molecule has 0 aliphatic heterocycles. The molecule has 1 aromatic heterocycles. The number of benzene rings is 2. The van der Waals surface area contributed by atoms with E-state index in [1.165, 1.54) is 18.9 Å². The van der Waals surface area contributed by atoms with Crippen molar-refractivity contribution in [3.05, 3.63) is 59.0 Å². The number of rotatable bonds is 8. The maximum absolute atomic E-state index is 12.3. The van der Waals surface area contributed by atoms with Crippen LogP contribution in [0.1, 0.15) is 29.3 Å². The summed E-state index contributed by atoms with van der Waals surface area (Å²) in [6.45, 7) is 1.79. The number of thiophene rings is 1. The van der Waals surface area contributed by atoms with E-state index in [9.17, 15) is 9.59 Å². The lowest BCUT2D eigenvalue weighted by Gasteiger charge is -2.10. The molecule has 156 valence electrons. The standard InChI is InChI=1S/C22H23N3O4S/c1-4-17(16-13-30-20-8-6-5-7-15(16)20)24-25-21(26)12-23-22(27)14-9-10-18(28-2)19(11-14)29-3/h5-11,13H,4,12H2,1-3H3,(H,23,27)(H,25,26)/b24-17+. The van der Waals surface area contributed by atoms with Crippen molar-refractivity contribution in [1.29, 1.82) is 0 Å². The van der Waals surface area contributed by atoms with E-state index in [1.54, 1.807) is 29.5 Å². The number of fused-ring (bicyclic) bond motifs is 1. The van der Waals surface area contributed by atoms with Gasteiger partial charge in [-0.1, -0.05) is 25.1 Å². The summed E-state index contributed by atoms with van der Waals surface area (Å²) in [6, 6.07) is 12.9. The molecule has 0 atom stereocenters. The van der Waals surface area contributed by atoms with E-state index in [1.807, 2.05) is 30.5 Å². The number of nitrogens with zero attached hydrogens (tertiary/aromatic N) is 1. The van der Waals surface area contributed by atoms with Crippen molar-refractivity contribution < 1.29 is 19.1 Å². The molecule has 8 heteroatoms. The first-order valence-corrected chi connectivity index (χ1v) is 10.3. The molecular weight excluding hydrogens is 402 g/mol. The highest BCUT2D eigenvalue weighted by atomic mass is 32.1. The summed E-state index contributed by atoms with van der Waals surface area (Å²) in [5.41, 5.74) is 4.68. The summed E-state index contributed by atoms with van der Waals surface area (Å²) in [6.07, 6.45) is 0.666. The van der Waals surface area contributed by atoms with Gasteiger partial charge in [0.15, 0.2) is 11.5 Å². The van der Waals surface area contributed by atoms with Gasteiger partial charge in [0.2, 0.25) is 0 Å². The first-order valence-electron chi connectivity index (χ1n) is 9.39. The molecule has 30 heavy (non-hydrogen) atoms. The maximum Gasteiger partial charge on any atom is 0.259 e. The van der Waals surface area contributed by atoms with E-state index in [0.29, 0.717) is 23.5 Å². The number of carbonyl (C=O) groups is 2. The van der Waals surface area contributed by atoms with E-state index >= 15 is 0 Å². The first-order chi connectivity index (χ1) is 14.6. The fraction of sp³-hybridized carbons (Fsp3) is 0.227. The van der Waals surface area contributed by atoms with Crippen LogP contribution in [0.25, 0.3) is 10.1 Å². The van der Waals surface area contributed by atoms with Gasteiger partial charge in [0.05, 0.1) is 26.5 Å². The number of nitrogens with one attached hydrogen (secondary N) is 2. The van der Waals surface area contributed by atoms with Gasteiger partial charge in [0.25, 0.3) is 11.8 Å². The Bertz CT molecular complexity index is 1090. The van der Waals surface area contributed by atoms with Crippen LogP contribution >= 0.6 is 11.3 Å². The van der Waals surface area contributed by atoms with Gasteiger partial charge < -0.3 is 14.8 Å². The molecule has 2 amide bonds. The Balaban J connectivity index is 1.61. The number of hydrazone groups is 1. The third-order valence-corrected chi connectivity index (χ3v) is 5.46. The zero-order valence-electron chi connectivity index (χ0n) is 17.0. The number of methoxy groups -OCH3 is 2. The molecule has 0 unspecified atom stereocenters. The van der Waals surface area contributed by atoms with Crippen LogP contribution in [-0.4, -0.2) is 38.3 Å². The Morgan fingerprint density at radius 1 is 1.07 bits per heavy atom. The quantitative estimate of drug-likeness (QED) is 0.426. The smallest absolute Gasteiger partial charge is 0.259 e. The van der Waals surface area contributed by atoms with Crippen molar-refractivity contribution in [3.8, 4) is 11.5 Å². The molecule has 2 N–H and O–H groups in total. The summed E-state index contributed by atoms with van der Waals surface area (Å²) in [5, 5.41) is 10.0. The number of hydrogen-bond donors (Lipinski definition) is 2. The Labute approximate surface area is 178 Å². The van der Waals surface area contributed by atoms with E-state index in [2.05, 4.69) is 21.9 Å². The third kappa shape index (κ3) is 4.77. The molecule has 0 aliphatic carbocycles. The van der Waals surface area contributed by atoms with Crippen molar-refractivity contribution in [3.63, 3.8) is 0 Å². The van der Waals surface area contributed by atoms with Gasteiger partial charge in [-0.25, -0.2) is 5.43 Å². The topological polar surface area (TPSA) is 89.0 Å². The summed E-state index contributed by atoms with van der Waals surface area (Å²) >= 11 is 1.64. The van der Waals surface area contributed by atoms with E-state index in [4.69, 9.17) is 9.47 Å². The molecule has 0 fully saturated rings. The zero-order chi connectivity index (χ0) is 21.5. The highest BCUT2D eigenvalue weighted by Gasteiger charge is 2.13. The van der Waals surface area contributed by atoms with Crippen LogP contribution < -0.4 is 20.2 Å². The average Bonchev–Trinajstić information content (AvgIpc) is 3.21. The fourth-order valence-electron chi connectivity index (χ4n) is 2.94.